The lowest BCUT2D eigenvalue weighted by atomic mass is 9.90. The number of benzene rings is 1. The summed E-state index contributed by atoms with van der Waals surface area (Å²) in [6.45, 7) is 2.46. The summed E-state index contributed by atoms with van der Waals surface area (Å²) in [5, 5.41) is 16.5. The van der Waals surface area contributed by atoms with E-state index in [9.17, 15) is 14.7 Å². The van der Waals surface area contributed by atoms with Crippen LogP contribution in [0.2, 0.25) is 0 Å². The molecule has 2 N–H and O–H groups in total. The number of carboxylic acid groups (broad SMARTS) is 1. The summed E-state index contributed by atoms with van der Waals surface area (Å²) in [5.41, 5.74) is 0.541. The van der Waals surface area contributed by atoms with Gasteiger partial charge in [-0.15, -0.1) is 0 Å². The van der Waals surface area contributed by atoms with Crippen LogP contribution in [0.4, 0.5) is 0 Å². The maximum atomic E-state index is 12.5. The summed E-state index contributed by atoms with van der Waals surface area (Å²) in [6, 6.07) is 11.1. The number of ether oxygens (including phenoxy) is 1. The topological polar surface area (TPSA) is 93.5 Å². The maximum absolute atomic E-state index is 12.5. The molecular formula is C17H19N3O4. The summed E-state index contributed by atoms with van der Waals surface area (Å²) < 4.78 is 6.87. The molecule has 0 bridgehead atoms. The van der Waals surface area contributed by atoms with Crippen LogP contribution in [0.25, 0.3) is 5.69 Å². The fraction of sp³-hybridized carbons (Fsp3) is 0.353. The van der Waals surface area contributed by atoms with Gasteiger partial charge in [0.05, 0.1) is 5.69 Å². The van der Waals surface area contributed by atoms with Gasteiger partial charge in [0.15, 0.2) is 5.69 Å². The monoisotopic (exact) mass is 329 g/mol. The van der Waals surface area contributed by atoms with Crippen molar-refractivity contribution in [3.05, 3.63) is 47.8 Å². The number of aryl methyl sites for hydroxylation is 1. The molecule has 2 heterocycles. The molecule has 24 heavy (non-hydrogen) atoms. The third kappa shape index (κ3) is 3.03. The Labute approximate surface area is 139 Å². The minimum atomic E-state index is -1.29. The number of aromatic nitrogens is 2. The first kappa shape index (κ1) is 16.2. The number of rotatable bonds is 4. The predicted octanol–water partition coefficient (Wildman–Crippen LogP) is 1.54. The van der Waals surface area contributed by atoms with Gasteiger partial charge in [0.2, 0.25) is 0 Å². The lowest BCUT2D eigenvalue weighted by Gasteiger charge is -2.33. The van der Waals surface area contributed by atoms with Crippen molar-refractivity contribution >= 4 is 11.9 Å². The zero-order chi connectivity index (χ0) is 17.2. The molecule has 1 fully saturated rings. The minimum Gasteiger partial charge on any atom is -0.480 e. The van der Waals surface area contributed by atoms with E-state index in [2.05, 4.69) is 10.4 Å². The molecule has 1 aliphatic rings. The molecule has 7 heteroatoms. The third-order valence-corrected chi connectivity index (χ3v) is 4.23. The summed E-state index contributed by atoms with van der Waals surface area (Å²) in [6.07, 6.45) is 0.485. The molecule has 1 aromatic heterocycles. The highest BCUT2D eigenvalue weighted by Gasteiger charge is 2.42. The Morgan fingerprint density at radius 3 is 2.54 bits per heavy atom. The highest BCUT2D eigenvalue weighted by molar-refractivity contribution is 5.96. The van der Waals surface area contributed by atoms with Gasteiger partial charge < -0.3 is 15.2 Å². The Morgan fingerprint density at radius 1 is 1.25 bits per heavy atom. The van der Waals surface area contributed by atoms with Crippen LogP contribution in [0, 0.1) is 6.92 Å². The number of hydrogen-bond donors (Lipinski definition) is 2. The van der Waals surface area contributed by atoms with Crippen molar-refractivity contribution < 1.29 is 19.4 Å². The first-order chi connectivity index (χ1) is 11.5. The summed E-state index contributed by atoms with van der Waals surface area (Å²) >= 11 is 0. The Morgan fingerprint density at radius 2 is 1.92 bits per heavy atom. The molecule has 0 saturated carbocycles. The number of nitrogens with one attached hydrogen (secondary N) is 1. The van der Waals surface area contributed by atoms with Gasteiger partial charge in [-0.05, 0) is 25.1 Å². The fourth-order valence-electron chi connectivity index (χ4n) is 2.81. The Hall–Kier alpha value is -2.67. The van der Waals surface area contributed by atoms with Crippen LogP contribution in [-0.2, 0) is 9.53 Å². The lowest BCUT2D eigenvalue weighted by Crippen LogP contribution is -2.57. The molecule has 0 radical (unpaired) electrons. The minimum absolute atomic E-state index is 0.198. The molecule has 0 aliphatic carbocycles. The van der Waals surface area contributed by atoms with Crippen LogP contribution in [0.5, 0.6) is 0 Å². The quantitative estimate of drug-likeness (QED) is 0.887. The number of nitrogens with zero attached hydrogens (tertiary/aromatic N) is 2. The number of carboxylic acids is 1. The number of hydrogen-bond acceptors (Lipinski definition) is 4. The average molecular weight is 329 g/mol. The molecule has 0 unspecified atom stereocenters. The van der Waals surface area contributed by atoms with Gasteiger partial charge in [-0.2, -0.15) is 5.10 Å². The average Bonchev–Trinajstić information content (AvgIpc) is 2.98. The number of carbonyl (C=O) groups is 2. The number of para-hydroxylation sites is 1. The molecule has 0 atom stereocenters. The first-order valence-electron chi connectivity index (χ1n) is 7.78. The Kier molecular flexibility index (Phi) is 4.35. The number of carbonyl (C=O) groups excluding carboxylic acids is 1. The second-order valence-corrected chi connectivity index (χ2v) is 5.87. The van der Waals surface area contributed by atoms with Gasteiger partial charge in [-0.25, -0.2) is 9.48 Å². The second-order valence-electron chi connectivity index (χ2n) is 5.87. The Bertz CT molecular complexity index is 748. The lowest BCUT2D eigenvalue weighted by molar-refractivity contribution is -0.148. The van der Waals surface area contributed by atoms with Crippen molar-refractivity contribution in [1.82, 2.24) is 15.1 Å². The molecule has 126 valence electrons. The zero-order valence-electron chi connectivity index (χ0n) is 13.4. The molecule has 0 spiro atoms. The van der Waals surface area contributed by atoms with E-state index >= 15 is 0 Å². The van der Waals surface area contributed by atoms with E-state index in [1.165, 1.54) is 0 Å². The van der Waals surface area contributed by atoms with Gasteiger partial charge in [0.25, 0.3) is 5.91 Å². The molecule has 1 amide bonds. The number of aliphatic carboxylic acids is 1. The van der Waals surface area contributed by atoms with Crippen LogP contribution in [0.3, 0.4) is 0 Å². The summed E-state index contributed by atoms with van der Waals surface area (Å²) in [5.74, 6) is -1.53. The summed E-state index contributed by atoms with van der Waals surface area (Å²) in [7, 11) is 0. The van der Waals surface area contributed by atoms with Crippen molar-refractivity contribution in [3.63, 3.8) is 0 Å². The van der Waals surface area contributed by atoms with E-state index in [0.717, 1.165) is 11.4 Å². The van der Waals surface area contributed by atoms with E-state index in [0.29, 0.717) is 13.2 Å². The van der Waals surface area contributed by atoms with Gasteiger partial charge in [0.1, 0.15) is 5.54 Å². The van der Waals surface area contributed by atoms with Crippen molar-refractivity contribution in [2.24, 2.45) is 0 Å². The van der Waals surface area contributed by atoms with Crippen LogP contribution >= 0.6 is 0 Å². The Balaban J connectivity index is 1.84. The second kappa shape index (κ2) is 6.45. The van der Waals surface area contributed by atoms with Gasteiger partial charge >= 0.3 is 5.97 Å². The fourth-order valence-corrected chi connectivity index (χ4v) is 2.81. The molecule has 7 nitrogen and oxygen atoms in total. The smallest absolute Gasteiger partial charge is 0.329 e. The summed E-state index contributed by atoms with van der Waals surface area (Å²) in [4.78, 5) is 24.2. The van der Waals surface area contributed by atoms with E-state index in [1.807, 2.05) is 37.3 Å². The number of amides is 1. The van der Waals surface area contributed by atoms with Gasteiger partial charge in [0, 0.05) is 31.7 Å². The van der Waals surface area contributed by atoms with Crippen LogP contribution < -0.4 is 5.32 Å². The highest BCUT2D eigenvalue weighted by Crippen LogP contribution is 2.22. The normalized spacial score (nSPS) is 16.5. The van der Waals surface area contributed by atoms with Crippen LogP contribution in [-0.4, -0.2) is 45.5 Å². The van der Waals surface area contributed by atoms with E-state index < -0.39 is 17.4 Å². The molecule has 1 saturated heterocycles. The van der Waals surface area contributed by atoms with Crippen LogP contribution in [0.15, 0.2) is 36.4 Å². The first-order valence-corrected chi connectivity index (χ1v) is 7.78. The molecule has 1 aliphatic heterocycles. The standard InChI is InChI=1S/C17H19N3O4/c1-12-11-14(19-20(12)13-5-3-2-4-6-13)15(21)18-17(16(22)23)7-9-24-10-8-17/h2-6,11H,7-10H2,1H3,(H,18,21)(H,22,23). The zero-order valence-corrected chi connectivity index (χ0v) is 13.4. The van der Waals surface area contributed by atoms with Crippen molar-refractivity contribution in [2.45, 2.75) is 25.3 Å². The largest absolute Gasteiger partial charge is 0.480 e. The van der Waals surface area contributed by atoms with Gasteiger partial charge in [-0.3, -0.25) is 4.79 Å². The van der Waals surface area contributed by atoms with E-state index in [1.54, 1.807) is 10.7 Å². The van der Waals surface area contributed by atoms with Crippen molar-refractivity contribution in [3.8, 4) is 5.69 Å². The van der Waals surface area contributed by atoms with Crippen molar-refractivity contribution in [1.29, 1.82) is 0 Å². The molecule has 3 rings (SSSR count). The van der Waals surface area contributed by atoms with Crippen LogP contribution in [0.1, 0.15) is 29.0 Å². The van der Waals surface area contributed by atoms with Crippen molar-refractivity contribution in [2.75, 3.05) is 13.2 Å². The molecule has 2 aromatic rings. The molecular weight excluding hydrogens is 310 g/mol. The predicted molar refractivity (Wildman–Crippen MR) is 86.2 cm³/mol. The highest BCUT2D eigenvalue weighted by atomic mass is 16.5. The van der Waals surface area contributed by atoms with E-state index in [4.69, 9.17) is 4.74 Å². The molecule has 1 aromatic carbocycles. The SMILES string of the molecule is Cc1cc(C(=O)NC2(C(=O)O)CCOCC2)nn1-c1ccccc1. The van der Waals surface area contributed by atoms with E-state index in [-0.39, 0.29) is 18.5 Å². The van der Waals surface area contributed by atoms with Gasteiger partial charge in [-0.1, -0.05) is 18.2 Å². The third-order valence-electron chi connectivity index (χ3n) is 4.23. The maximum Gasteiger partial charge on any atom is 0.329 e.